The van der Waals surface area contributed by atoms with Crippen LogP contribution in [0.5, 0.6) is 0 Å². The summed E-state index contributed by atoms with van der Waals surface area (Å²) in [6, 6.07) is 8.52. The van der Waals surface area contributed by atoms with E-state index in [0.717, 1.165) is 18.4 Å². The zero-order valence-electron chi connectivity index (χ0n) is 7.41. The number of benzene rings is 1. The van der Waals surface area contributed by atoms with Crippen molar-refractivity contribution in [2.75, 3.05) is 23.3 Å². The topological polar surface area (TPSA) is 3.24 Å². The Bertz CT molecular complexity index is 320. The molecular formula is C11H12BrN. The van der Waals surface area contributed by atoms with E-state index in [-0.39, 0.29) is 0 Å². The number of para-hydroxylation sites is 1. The molecule has 2 rings (SSSR count). The van der Waals surface area contributed by atoms with Gasteiger partial charge in [0, 0.05) is 24.1 Å². The van der Waals surface area contributed by atoms with Crippen LogP contribution in [0.1, 0.15) is 5.56 Å². The van der Waals surface area contributed by atoms with Crippen molar-refractivity contribution in [3.63, 3.8) is 0 Å². The molecule has 0 spiro atoms. The summed E-state index contributed by atoms with van der Waals surface area (Å²) in [5.41, 5.74) is 2.68. The molecule has 0 unspecified atom stereocenters. The number of alkyl halides is 1. The Morgan fingerprint density at radius 3 is 3.00 bits per heavy atom. The predicted molar refractivity (Wildman–Crippen MR) is 61.5 cm³/mol. The quantitative estimate of drug-likeness (QED) is 0.716. The summed E-state index contributed by atoms with van der Waals surface area (Å²) in [6.07, 6.45) is 4.41. The van der Waals surface area contributed by atoms with Crippen LogP contribution in [0.15, 0.2) is 30.3 Å². The molecule has 13 heavy (non-hydrogen) atoms. The van der Waals surface area contributed by atoms with Gasteiger partial charge in [0.15, 0.2) is 0 Å². The molecule has 2 heteroatoms. The maximum atomic E-state index is 3.47. The lowest BCUT2D eigenvalue weighted by molar-refractivity contribution is 0.910. The minimum atomic E-state index is 1.02. The lowest BCUT2D eigenvalue weighted by Gasteiger charge is -2.27. The maximum Gasteiger partial charge on any atom is 0.0442 e. The lowest BCUT2D eigenvalue weighted by atomic mass is 10.1. The molecule has 0 atom stereocenters. The molecule has 0 amide bonds. The predicted octanol–water partition coefficient (Wildman–Crippen LogP) is 2.91. The van der Waals surface area contributed by atoms with Crippen molar-refractivity contribution in [1.82, 2.24) is 0 Å². The normalized spacial score (nSPS) is 14.4. The second kappa shape index (κ2) is 3.97. The minimum absolute atomic E-state index is 1.02. The van der Waals surface area contributed by atoms with Gasteiger partial charge in [0.1, 0.15) is 0 Å². The third-order valence-electron chi connectivity index (χ3n) is 2.26. The van der Waals surface area contributed by atoms with Crippen LogP contribution in [0.4, 0.5) is 5.69 Å². The number of anilines is 1. The molecule has 0 saturated carbocycles. The van der Waals surface area contributed by atoms with Gasteiger partial charge in [0.05, 0.1) is 0 Å². The molecule has 0 N–H and O–H groups in total. The van der Waals surface area contributed by atoms with Gasteiger partial charge in [-0.25, -0.2) is 0 Å². The van der Waals surface area contributed by atoms with Crippen molar-refractivity contribution in [2.45, 2.75) is 0 Å². The van der Waals surface area contributed by atoms with Crippen LogP contribution >= 0.6 is 15.9 Å². The first-order valence-corrected chi connectivity index (χ1v) is 5.60. The van der Waals surface area contributed by atoms with Gasteiger partial charge < -0.3 is 4.90 Å². The lowest BCUT2D eigenvalue weighted by Crippen LogP contribution is -2.27. The summed E-state index contributed by atoms with van der Waals surface area (Å²) in [5, 5.41) is 1.02. The molecule has 0 saturated heterocycles. The van der Waals surface area contributed by atoms with Crippen molar-refractivity contribution in [3.8, 4) is 0 Å². The number of halogens is 1. The first-order valence-electron chi connectivity index (χ1n) is 4.48. The monoisotopic (exact) mass is 237 g/mol. The first-order chi connectivity index (χ1) is 6.42. The molecule has 1 aromatic rings. The summed E-state index contributed by atoms with van der Waals surface area (Å²) < 4.78 is 0. The summed E-state index contributed by atoms with van der Waals surface area (Å²) in [5.74, 6) is 0. The highest BCUT2D eigenvalue weighted by molar-refractivity contribution is 9.09. The average molecular weight is 238 g/mol. The van der Waals surface area contributed by atoms with Crippen LogP contribution in [-0.4, -0.2) is 18.4 Å². The number of hydrogen-bond donors (Lipinski definition) is 0. The van der Waals surface area contributed by atoms with E-state index in [9.17, 15) is 0 Å². The van der Waals surface area contributed by atoms with E-state index < -0.39 is 0 Å². The van der Waals surface area contributed by atoms with E-state index in [0.29, 0.717) is 0 Å². The smallest absolute Gasteiger partial charge is 0.0442 e. The number of rotatable bonds is 2. The zero-order chi connectivity index (χ0) is 9.10. The van der Waals surface area contributed by atoms with Gasteiger partial charge in [-0.2, -0.15) is 0 Å². The van der Waals surface area contributed by atoms with Crippen LogP contribution in [0.3, 0.4) is 0 Å². The average Bonchev–Trinajstić information content (AvgIpc) is 2.19. The van der Waals surface area contributed by atoms with Crippen molar-refractivity contribution >= 4 is 27.7 Å². The van der Waals surface area contributed by atoms with E-state index in [4.69, 9.17) is 0 Å². The number of fused-ring (bicyclic) bond motifs is 1. The van der Waals surface area contributed by atoms with Gasteiger partial charge in [-0.05, 0) is 11.6 Å². The Hall–Kier alpha value is -0.760. The van der Waals surface area contributed by atoms with Crippen LogP contribution in [0, 0.1) is 0 Å². The van der Waals surface area contributed by atoms with E-state index in [1.807, 2.05) is 0 Å². The highest BCUT2D eigenvalue weighted by atomic mass is 79.9. The standard InChI is InChI=1S/C11H12BrN/c12-7-9-13-8-3-5-10-4-1-2-6-11(10)13/h1-6H,7-9H2. The molecule has 1 aliphatic heterocycles. The molecule has 0 aromatic heterocycles. The van der Waals surface area contributed by atoms with Crippen LogP contribution in [-0.2, 0) is 0 Å². The van der Waals surface area contributed by atoms with Gasteiger partial charge in [-0.15, -0.1) is 0 Å². The SMILES string of the molecule is BrCCN1CC=Cc2ccccc21. The zero-order valence-corrected chi connectivity index (χ0v) is 9.00. The first kappa shape index (κ1) is 8.82. The Morgan fingerprint density at radius 1 is 1.31 bits per heavy atom. The summed E-state index contributed by atoms with van der Waals surface area (Å²) in [4.78, 5) is 2.38. The molecular weight excluding hydrogens is 226 g/mol. The highest BCUT2D eigenvalue weighted by Gasteiger charge is 2.10. The van der Waals surface area contributed by atoms with Crippen molar-refractivity contribution in [3.05, 3.63) is 35.9 Å². The van der Waals surface area contributed by atoms with E-state index in [1.165, 1.54) is 11.3 Å². The van der Waals surface area contributed by atoms with Gasteiger partial charge in [0.2, 0.25) is 0 Å². The van der Waals surface area contributed by atoms with Crippen molar-refractivity contribution < 1.29 is 0 Å². The second-order valence-corrected chi connectivity index (χ2v) is 3.89. The molecule has 1 aromatic carbocycles. The van der Waals surface area contributed by atoms with Crippen LogP contribution < -0.4 is 4.90 Å². The minimum Gasteiger partial charge on any atom is -0.366 e. The highest BCUT2D eigenvalue weighted by Crippen LogP contribution is 2.24. The molecule has 68 valence electrons. The number of hydrogen-bond acceptors (Lipinski definition) is 1. The molecule has 0 radical (unpaired) electrons. The van der Waals surface area contributed by atoms with Crippen molar-refractivity contribution in [2.24, 2.45) is 0 Å². The van der Waals surface area contributed by atoms with Crippen LogP contribution in [0.25, 0.3) is 6.08 Å². The molecule has 1 aliphatic rings. The van der Waals surface area contributed by atoms with E-state index in [1.54, 1.807) is 0 Å². The fourth-order valence-corrected chi connectivity index (χ4v) is 2.06. The fraction of sp³-hybridized carbons (Fsp3) is 0.273. The Balaban J connectivity index is 2.32. The van der Waals surface area contributed by atoms with Gasteiger partial charge in [-0.1, -0.05) is 46.3 Å². The molecule has 1 heterocycles. The molecule has 0 bridgehead atoms. The summed E-state index contributed by atoms with van der Waals surface area (Å²) in [7, 11) is 0. The molecule has 0 fully saturated rings. The second-order valence-electron chi connectivity index (χ2n) is 3.10. The maximum absolute atomic E-state index is 3.47. The van der Waals surface area contributed by atoms with E-state index >= 15 is 0 Å². The Morgan fingerprint density at radius 2 is 2.15 bits per heavy atom. The fourth-order valence-electron chi connectivity index (χ4n) is 1.64. The van der Waals surface area contributed by atoms with Crippen LogP contribution in [0.2, 0.25) is 0 Å². The van der Waals surface area contributed by atoms with E-state index in [2.05, 4.69) is 57.2 Å². The van der Waals surface area contributed by atoms with Crippen molar-refractivity contribution in [1.29, 1.82) is 0 Å². The third kappa shape index (κ3) is 1.78. The largest absolute Gasteiger partial charge is 0.366 e. The Kier molecular flexibility index (Phi) is 2.69. The Labute approximate surface area is 87.2 Å². The summed E-state index contributed by atoms with van der Waals surface area (Å²) in [6.45, 7) is 2.10. The molecule has 0 aliphatic carbocycles. The third-order valence-corrected chi connectivity index (χ3v) is 2.61. The summed E-state index contributed by atoms with van der Waals surface area (Å²) >= 11 is 3.47. The van der Waals surface area contributed by atoms with Gasteiger partial charge in [0.25, 0.3) is 0 Å². The molecule has 1 nitrogen and oxygen atoms in total. The number of nitrogens with zero attached hydrogens (tertiary/aromatic N) is 1. The van der Waals surface area contributed by atoms with Gasteiger partial charge in [-0.3, -0.25) is 0 Å². The van der Waals surface area contributed by atoms with Gasteiger partial charge >= 0.3 is 0 Å².